The summed E-state index contributed by atoms with van der Waals surface area (Å²) in [4.78, 5) is 8.81. The summed E-state index contributed by atoms with van der Waals surface area (Å²) >= 11 is 0. The predicted octanol–water partition coefficient (Wildman–Crippen LogP) is 1.60. The SMILES string of the molecule is CC=O.[2H]Oc1ccccc1. The molecular formula is C8H10O2. The van der Waals surface area contributed by atoms with E-state index < -0.39 is 0 Å². The lowest BCUT2D eigenvalue weighted by Gasteiger charge is -1.82. The van der Waals surface area contributed by atoms with Crippen LogP contribution < -0.4 is 0 Å². The molecule has 0 saturated heterocycles. The first-order valence-corrected chi connectivity index (χ1v) is 2.93. The van der Waals surface area contributed by atoms with Crippen LogP contribution in [0.2, 0.25) is 0 Å². The second-order valence-corrected chi connectivity index (χ2v) is 1.55. The lowest BCUT2D eigenvalue weighted by Crippen LogP contribution is -1.56. The zero-order chi connectivity index (χ0) is 8.53. The van der Waals surface area contributed by atoms with Gasteiger partial charge in [0.25, 0.3) is 1.43 Å². The Balaban J connectivity index is 0.000000292. The Labute approximate surface area is 61.6 Å². The summed E-state index contributed by atoms with van der Waals surface area (Å²) in [7, 11) is 0. The Morgan fingerprint density at radius 3 is 2.30 bits per heavy atom. The van der Waals surface area contributed by atoms with E-state index >= 15 is 0 Å². The van der Waals surface area contributed by atoms with Crippen LogP contribution >= 0.6 is 0 Å². The van der Waals surface area contributed by atoms with Gasteiger partial charge in [0, 0.05) is 0 Å². The lowest BCUT2D eigenvalue weighted by molar-refractivity contribution is -0.106. The van der Waals surface area contributed by atoms with Gasteiger partial charge in [-0.1, -0.05) is 18.2 Å². The highest BCUT2D eigenvalue weighted by Gasteiger charge is 1.74. The Morgan fingerprint density at radius 1 is 1.50 bits per heavy atom. The van der Waals surface area contributed by atoms with Crippen molar-refractivity contribution in [1.82, 2.24) is 0 Å². The third-order valence-corrected chi connectivity index (χ3v) is 0.743. The highest BCUT2D eigenvalue weighted by molar-refractivity contribution is 5.44. The molecule has 0 aromatic heterocycles. The maximum atomic E-state index is 8.81. The molecular weight excluding hydrogens is 128 g/mol. The van der Waals surface area contributed by atoms with Crippen molar-refractivity contribution in [1.29, 1.82) is 1.43 Å². The van der Waals surface area contributed by atoms with Gasteiger partial charge in [-0.2, -0.15) is 0 Å². The van der Waals surface area contributed by atoms with E-state index in [0.29, 0.717) is 5.75 Å². The fourth-order valence-electron chi connectivity index (χ4n) is 0.420. The summed E-state index contributed by atoms with van der Waals surface area (Å²) in [6.45, 7) is 1.44. The number of rotatable bonds is 1. The van der Waals surface area contributed by atoms with Crippen LogP contribution in [-0.4, -0.2) is 12.8 Å². The minimum absolute atomic E-state index is 0.576. The number of para-hydroxylation sites is 1. The third-order valence-electron chi connectivity index (χ3n) is 0.743. The Bertz CT molecular complexity index is 187. The normalized spacial score (nSPS) is 8.30. The van der Waals surface area contributed by atoms with Gasteiger partial charge in [0.15, 0.2) is 0 Å². The Hall–Kier alpha value is -1.31. The molecule has 2 heteroatoms. The van der Waals surface area contributed by atoms with E-state index in [1.165, 1.54) is 6.92 Å². The molecule has 1 N–H and O–H groups in total. The first kappa shape index (κ1) is 6.81. The molecule has 0 radical (unpaired) electrons. The van der Waals surface area contributed by atoms with Gasteiger partial charge in [0.2, 0.25) is 0 Å². The molecule has 2 nitrogen and oxygen atoms in total. The number of carbonyl (C=O) groups is 1. The van der Waals surface area contributed by atoms with Gasteiger partial charge in [-0.25, -0.2) is 0 Å². The number of phenolic OH excluding ortho intramolecular Hbond substituents is 1. The highest BCUT2D eigenvalue weighted by Crippen LogP contribution is 2.02. The Kier molecular flexibility index (Phi) is 3.96. The van der Waals surface area contributed by atoms with E-state index in [1.807, 2.05) is 18.2 Å². The molecule has 0 unspecified atom stereocenters. The molecule has 1 aromatic rings. The molecule has 1 aromatic carbocycles. The van der Waals surface area contributed by atoms with Crippen LogP contribution in [0, 0.1) is 0 Å². The number of phenols is 1. The van der Waals surface area contributed by atoms with Crippen molar-refractivity contribution in [3.8, 4) is 5.75 Å². The maximum Gasteiger partial charge on any atom is 0.293 e. The van der Waals surface area contributed by atoms with Crippen LogP contribution in [0.15, 0.2) is 30.3 Å². The van der Waals surface area contributed by atoms with Crippen molar-refractivity contribution in [2.45, 2.75) is 6.92 Å². The number of benzene rings is 1. The molecule has 10 heavy (non-hydrogen) atoms. The molecule has 0 amide bonds. The van der Waals surface area contributed by atoms with Crippen molar-refractivity contribution < 1.29 is 9.90 Å². The summed E-state index contributed by atoms with van der Waals surface area (Å²) in [5.74, 6) is 0.576. The van der Waals surface area contributed by atoms with E-state index in [9.17, 15) is 0 Å². The smallest absolute Gasteiger partial charge is 0.293 e. The molecule has 1 rings (SSSR count). The van der Waals surface area contributed by atoms with Crippen LogP contribution in [0.4, 0.5) is 0 Å². The van der Waals surface area contributed by atoms with Crippen molar-refractivity contribution in [2.24, 2.45) is 0 Å². The maximum absolute atomic E-state index is 8.81. The average molecular weight is 139 g/mol. The second kappa shape index (κ2) is 5.82. The minimum atomic E-state index is 0.576. The molecule has 0 aliphatic carbocycles. The zero-order valence-corrected chi connectivity index (χ0v) is 5.78. The summed E-state index contributed by atoms with van der Waals surface area (Å²) in [6, 6.07) is 8.98. The van der Waals surface area contributed by atoms with Crippen molar-refractivity contribution in [3.05, 3.63) is 30.3 Å². The standard InChI is InChI=1S/C6H6O.C2H4O/c7-6-4-2-1-3-5-6;1-2-3/h1-5,7H;2H,1H3/i/hD. The van der Waals surface area contributed by atoms with Gasteiger partial charge in [-0.3, -0.25) is 0 Å². The van der Waals surface area contributed by atoms with Crippen molar-refractivity contribution >= 4 is 6.29 Å². The minimum Gasteiger partial charge on any atom is -0.508 e. The van der Waals surface area contributed by atoms with Crippen LogP contribution in [-0.2, 0) is 4.79 Å². The van der Waals surface area contributed by atoms with Gasteiger partial charge < -0.3 is 9.90 Å². The van der Waals surface area contributed by atoms with Crippen molar-refractivity contribution in [2.75, 3.05) is 0 Å². The molecule has 0 atom stereocenters. The number of aromatic hydroxyl groups is 1. The topological polar surface area (TPSA) is 37.3 Å². The van der Waals surface area contributed by atoms with Crippen LogP contribution in [0.5, 0.6) is 5.75 Å². The highest BCUT2D eigenvalue weighted by atomic mass is 16.3. The van der Waals surface area contributed by atoms with E-state index in [-0.39, 0.29) is 0 Å². The molecule has 0 bridgehead atoms. The third kappa shape index (κ3) is 4.84. The van der Waals surface area contributed by atoms with Gasteiger partial charge in [0.05, 0.1) is 0 Å². The van der Waals surface area contributed by atoms with Crippen molar-refractivity contribution in [3.63, 3.8) is 0 Å². The molecule has 54 valence electrons. The molecule has 0 saturated carbocycles. The predicted molar refractivity (Wildman–Crippen MR) is 39.8 cm³/mol. The van der Waals surface area contributed by atoms with Gasteiger partial charge in [-0.05, 0) is 19.1 Å². The van der Waals surface area contributed by atoms with E-state index in [0.717, 1.165) is 6.29 Å². The summed E-state index contributed by atoms with van der Waals surface area (Å²) in [6.07, 6.45) is 0.750. The molecule has 0 aliphatic heterocycles. The largest absolute Gasteiger partial charge is 0.508 e. The van der Waals surface area contributed by atoms with Gasteiger partial charge in [-0.15, -0.1) is 0 Å². The zero-order valence-electron chi connectivity index (χ0n) is 6.78. The number of carbonyl (C=O) groups excluding carboxylic acids is 1. The molecule has 0 aliphatic rings. The quantitative estimate of drug-likeness (QED) is 0.600. The number of hydrogen-bond acceptors (Lipinski definition) is 2. The number of aldehydes is 1. The monoisotopic (exact) mass is 139 g/mol. The van der Waals surface area contributed by atoms with E-state index in [4.69, 9.17) is 6.23 Å². The number of hydrogen-bond donors (Lipinski definition) is 1. The van der Waals surface area contributed by atoms with Gasteiger partial charge >= 0.3 is 0 Å². The first-order chi connectivity index (χ1) is 5.35. The summed E-state index contributed by atoms with van der Waals surface area (Å²) in [5, 5.41) is 4.16. The molecule has 0 fully saturated rings. The van der Waals surface area contributed by atoms with Crippen LogP contribution in [0.25, 0.3) is 0 Å². The van der Waals surface area contributed by atoms with Crippen LogP contribution in [0.1, 0.15) is 6.92 Å². The average Bonchev–Trinajstić information content (AvgIpc) is 2.08. The lowest BCUT2D eigenvalue weighted by atomic mass is 10.3. The Morgan fingerprint density at radius 2 is 2.00 bits per heavy atom. The molecule has 0 spiro atoms. The van der Waals surface area contributed by atoms with E-state index in [2.05, 4.69) is 5.11 Å². The van der Waals surface area contributed by atoms with Gasteiger partial charge in [0.1, 0.15) is 12.0 Å². The fraction of sp³-hybridized carbons (Fsp3) is 0.125. The van der Waals surface area contributed by atoms with E-state index in [1.54, 1.807) is 12.1 Å². The molecule has 0 heterocycles. The summed E-state index contributed by atoms with van der Waals surface area (Å²) in [5.41, 5.74) is 0. The first-order valence-electron chi connectivity index (χ1n) is 3.34. The summed E-state index contributed by atoms with van der Waals surface area (Å²) < 4.78 is 6.44. The fourth-order valence-corrected chi connectivity index (χ4v) is 0.420. The van der Waals surface area contributed by atoms with Crippen LogP contribution in [0.3, 0.4) is 0 Å². The second-order valence-electron chi connectivity index (χ2n) is 1.55.